The van der Waals surface area contributed by atoms with E-state index in [0.29, 0.717) is 23.9 Å². The van der Waals surface area contributed by atoms with E-state index in [2.05, 4.69) is 15.3 Å². The van der Waals surface area contributed by atoms with Crippen molar-refractivity contribution in [3.8, 4) is 0 Å². The van der Waals surface area contributed by atoms with Gasteiger partial charge in [-0.3, -0.25) is 4.21 Å². The monoisotopic (exact) mass is 239 g/mol. The normalized spacial score (nSPS) is 12.8. The number of hydrogen-bond donors (Lipinski definition) is 2. The van der Waals surface area contributed by atoms with Gasteiger partial charge in [0.2, 0.25) is 0 Å². The largest absolute Gasteiger partial charge is 0.382 e. The summed E-state index contributed by atoms with van der Waals surface area (Å²) in [6, 6.07) is 0. The molecule has 6 nitrogen and oxygen atoms in total. The zero-order chi connectivity index (χ0) is 11.5. The van der Waals surface area contributed by atoms with Crippen LogP contribution in [-0.2, 0) is 10.8 Å². The standard InChI is InChI=1S/C9H13N5OS/c1-16(15)5-3-11-8-9-12-2-4-14(9)6-7(10)13-8/h2,4,6H,3,5,10H2,1H3,(H,11,13). The SMILES string of the molecule is CS(=O)CCNc1nc(N)cn2ccnc12. The topological polar surface area (TPSA) is 85.3 Å². The summed E-state index contributed by atoms with van der Waals surface area (Å²) >= 11 is 0. The summed E-state index contributed by atoms with van der Waals surface area (Å²) in [5.41, 5.74) is 6.37. The second kappa shape index (κ2) is 4.48. The first-order valence-corrected chi connectivity index (χ1v) is 6.52. The first kappa shape index (κ1) is 10.9. The van der Waals surface area contributed by atoms with Gasteiger partial charge in [0.1, 0.15) is 5.82 Å². The van der Waals surface area contributed by atoms with Crippen LogP contribution < -0.4 is 11.1 Å². The minimum Gasteiger partial charge on any atom is -0.382 e. The van der Waals surface area contributed by atoms with Gasteiger partial charge in [-0.05, 0) is 0 Å². The molecule has 3 N–H and O–H groups in total. The maximum absolute atomic E-state index is 10.9. The molecule has 1 unspecified atom stereocenters. The Kier molecular flexibility index (Phi) is 3.04. The highest BCUT2D eigenvalue weighted by Gasteiger charge is 2.05. The van der Waals surface area contributed by atoms with Crippen molar-refractivity contribution < 1.29 is 4.21 Å². The van der Waals surface area contributed by atoms with Gasteiger partial charge in [0.15, 0.2) is 11.5 Å². The molecule has 0 saturated carbocycles. The lowest BCUT2D eigenvalue weighted by Gasteiger charge is -2.06. The molecule has 0 aliphatic rings. The Labute approximate surface area is 95.3 Å². The molecule has 2 heterocycles. The highest BCUT2D eigenvalue weighted by Crippen LogP contribution is 2.13. The van der Waals surface area contributed by atoms with Crippen molar-refractivity contribution in [2.75, 3.05) is 29.6 Å². The molecule has 86 valence electrons. The molecule has 7 heteroatoms. The molecule has 0 fully saturated rings. The van der Waals surface area contributed by atoms with E-state index in [-0.39, 0.29) is 0 Å². The van der Waals surface area contributed by atoms with Gasteiger partial charge in [-0.15, -0.1) is 0 Å². The third kappa shape index (κ3) is 2.30. The van der Waals surface area contributed by atoms with E-state index in [1.807, 2.05) is 0 Å². The number of imidazole rings is 1. The van der Waals surface area contributed by atoms with Crippen molar-refractivity contribution in [2.45, 2.75) is 0 Å². The molecule has 1 atom stereocenters. The molecule has 16 heavy (non-hydrogen) atoms. The summed E-state index contributed by atoms with van der Waals surface area (Å²) in [7, 11) is -0.817. The van der Waals surface area contributed by atoms with Crippen LogP contribution in [0.1, 0.15) is 0 Å². The van der Waals surface area contributed by atoms with Gasteiger partial charge in [0.05, 0.1) is 6.20 Å². The van der Waals surface area contributed by atoms with Gasteiger partial charge >= 0.3 is 0 Å². The maximum atomic E-state index is 10.9. The predicted molar refractivity (Wildman–Crippen MR) is 64.8 cm³/mol. The van der Waals surface area contributed by atoms with Crippen LogP contribution in [-0.4, -0.2) is 37.1 Å². The van der Waals surface area contributed by atoms with E-state index in [1.165, 1.54) is 0 Å². The van der Waals surface area contributed by atoms with Crippen molar-refractivity contribution in [3.63, 3.8) is 0 Å². The molecule has 2 rings (SSSR count). The summed E-state index contributed by atoms with van der Waals surface area (Å²) in [4.78, 5) is 8.32. The van der Waals surface area contributed by atoms with Crippen molar-refractivity contribution in [2.24, 2.45) is 0 Å². The molecular weight excluding hydrogens is 226 g/mol. The van der Waals surface area contributed by atoms with Crippen LogP contribution in [0.2, 0.25) is 0 Å². The Hall–Kier alpha value is -1.63. The van der Waals surface area contributed by atoms with Gasteiger partial charge in [-0.2, -0.15) is 0 Å². The zero-order valence-corrected chi connectivity index (χ0v) is 9.70. The lowest BCUT2D eigenvalue weighted by molar-refractivity contribution is 0.687. The predicted octanol–water partition coefficient (Wildman–Crippen LogP) is 0.102. The Morgan fingerprint density at radius 3 is 3.19 bits per heavy atom. The molecule has 0 saturated heterocycles. The highest BCUT2D eigenvalue weighted by molar-refractivity contribution is 7.84. The summed E-state index contributed by atoms with van der Waals surface area (Å²) in [6.45, 7) is 0.585. The number of hydrogen-bond acceptors (Lipinski definition) is 5. The van der Waals surface area contributed by atoms with Crippen molar-refractivity contribution in [1.82, 2.24) is 14.4 Å². The fourth-order valence-electron chi connectivity index (χ4n) is 1.38. The van der Waals surface area contributed by atoms with Crippen LogP contribution in [0.4, 0.5) is 11.6 Å². The van der Waals surface area contributed by atoms with E-state index in [9.17, 15) is 4.21 Å². The molecule has 0 spiro atoms. The maximum Gasteiger partial charge on any atom is 0.180 e. The number of nitrogens with one attached hydrogen (secondary N) is 1. The average Bonchev–Trinajstić information content (AvgIpc) is 2.64. The zero-order valence-electron chi connectivity index (χ0n) is 8.88. The number of rotatable bonds is 4. The second-order valence-electron chi connectivity index (χ2n) is 3.38. The Bertz CT molecular complexity index is 524. The molecule has 0 aromatic carbocycles. The van der Waals surface area contributed by atoms with Gasteiger partial charge in [-0.25, -0.2) is 9.97 Å². The Morgan fingerprint density at radius 2 is 2.44 bits per heavy atom. The van der Waals surface area contributed by atoms with E-state index >= 15 is 0 Å². The lowest BCUT2D eigenvalue weighted by Crippen LogP contribution is -2.12. The molecule has 0 bridgehead atoms. The molecule has 2 aromatic heterocycles. The number of anilines is 2. The Balaban J connectivity index is 2.22. The lowest BCUT2D eigenvalue weighted by atomic mass is 10.5. The second-order valence-corrected chi connectivity index (χ2v) is 4.93. The highest BCUT2D eigenvalue weighted by atomic mass is 32.2. The average molecular weight is 239 g/mol. The van der Waals surface area contributed by atoms with E-state index in [0.717, 1.165) is 5.65 Å². The quantitative estimate of drug-likeness (QED) is 0.790. The van der Waals surface area contributed by atoms with Crippen LogP contribution in [0.3, 0.4) is 0 Å². The van der Waals surface area contributed by atoms with Crippen LogP contribution in [0, 0.1) is 0 Å². The van der Waals surface area contributed by atoms with E-state index in [1.54, 1.807) is 29.2 Å². The minimum absolute atomic E-state index is 0.422. The number of nitrogens with two attached hydrogens (primary N) is 1. The van der Waals surface area contributed by atoms with E-state index in [4.69, 9.17) is 5.73 Å². The molecule has 2 aromatic rings. The van der Waals surface area contributed by atoms with E-state index < -0.39 is 10.8 Å². The summed E-state index contributed by atoms with van der Waals surface area (Å²) < 4.78 is 12.7. The number of nitrogens with zero attached hydrogens (tertiary/aromatic N) is 3. The molecule has 0 aliphatic carbocycles. The third-order valence-electron chi connectivity index (χ3n) is 2.07. The molecular formula is C9H13N5OS. The van der Waals surface area contributed by atoms with Gasteiger partial charge in [0, 0.05) is 41.7 Å². The van der Waals surface area contributed by atoms with Gasteiger partial charge in [-0.1, -0.05) is 0 Å². The fourth-order valence-corrected chi connectivity index (χ4v) is 1.77. The molecule has 0 aliphatic heterocycles. The summed E-state index contributed by atoms with van der Waals surface area (Å²) in [5.74, 6) is 1.62. The smallest absolute Gasteiger partial charge is 0.180 e. The van der Waals surface area contributed by atoms with Crippen molar-refractivity contribution in [1.29, 1.82) is 0 Å². The van der Waals surface area contributed by atoms with Gasteiger partial charge in [0.25, 0.3) is 0 Å². The minimum atomic E-state index is -0.817. The van der Waals surface area contributed by atoms with Crippen molar-refractivity contribution >= 4 is 28.1 Å². The third-order valence-corrected chi connectivity index (χ3v) is 2.85. The summed E-state index contributed by atoms with van der Waals surface area (Å²) in [5, 5.41) is 3.08. The van der Waals surface area contributed by atoms with Crippen LogP contribution in [0.5, 0.6) is 0 Å². The Morgan fingerprint density at radius 1 is 1.62 bits per heavy atom. The fraction of sp³-hybridized carbons (Fsp3) is 0.333. The first-order valence-electron chi connectivity index (χ1n) is 4.80. The van der Waals surface area contributed by atoms with Crippen LogP contribution >= 0.6 is 0 Å². The molecule has 0 radical (unpaired) electrons. The number of nitrogen functional groups attached to an aromatic ring is 1. The summed E-state index contributed by atoms with van der Waals surface area (Å²) in [6.07, 6.45) is 6.85. The first-order chi connectivity index (χ1) is 7.66. The number of fused-ring (bicyclic) bond motifs is 1. The van der Waals surface area contributed by atoms with Crippen LogP contribution in [0.25, 0.3) is 5.65 Å². The van der Waals surface area contributed by atoms with Gasteiger partial charge < -0.3 is 15.5 Å². The number of aromatic nitrogens is 3. The molecule has 0 amide bonds. The van der Waals surface area contributed by atoms with Crippen molar-refractivity contribution in [3.05, 3.63) is 18.6 Å². The van der Waals surface area contributed by atoms with Crippen LogP contribution in [0.15, 0.2) is 18.6 Å².